The molecule has 0 spiro atoms. The number of methoxy groups -OCH3 is 1. The van der Waals surface area contributed by atoms with Crippen LogP contribution in [0.4, 0.5) is 0 Å². The van der Waals surface area contributed by atoms with E-state index in [1.165, 1.54) is 12.7 Å². The van der Waals surface area contributed by atoms with Crippen LogP contribution in [0.25, 0.3) is 0 Å². The van der Waals surface area contributed by atoms with Crippen molar-refractivity contribution in [1.29, 1.82) is 0 Å². The Bertz CT molecular complexity index is 408. The van der Waals surface area contributed by atoms with Crippen LogP contribution in [0.15, 0.2) is 30.3 Å². The molecule has 4 nitrogen and oxygen atoms in total. The van der Waals surface area contributed by atoms with Crippen LogP contribution in [0.3, 0.4) is 0 Å². The number of esters is 1. The number of nitrogens with zero attached hydrogens (tertiary/aromatic N) is 1. The van der Waals surface area contributed by atoms with Crippen molar-refractivity contribution < 1.29 is 9.53 Å². The van der Waals surface area contributed by atoms with Gasteiger partial charge in [0.05, 0.1) is 13.0 Å². The number of hydrogen-bond acceptors (Lipinski definition) is 4. The van der Waals surface area contributed by atoms with Crippen molar-refractivity contribution in [3.63, 3.8) is 0 Å². The number of likely N-dealkylation sites (tertiary alicyclic amines) is 1. The minimum Gasteiger partial charge on any atom is -0.469 e. The van der Waals surface area contributed by atoms with Gasteiger partial charge in [-0.25, -0.2) is 0 Å². The summed E-state index contributed by atoms with van der Waals surface area (Å²) in [7, 11) is 1.43. The zero-order chi connectivity index (χ0) is 13.7. The summed E-state index contributed by atoms with van der Waals surface area (Å²) in [6, 6.07) is 10.5. The average molecular weight is 262 g/mol. The van der Waals surface area contributed by atoms with Gasteiger partial charge < -0.3 is 10.5 Å². The number of hydrogen-bond donors (Lipinski definition) is 1. The van der Waals surface area contributed by atoms with Gasteiger partial charge in [-0.15, -0.1) is 0 Å². The lowest BCUT2D eigenvalue weighted by Crippen LogP contribution is -2.43. The summed E-state index contributed by atoms with van der Waals surface area (Å²) in [6.45, 7) is 2.24. The third-order valence-corrected chi connectivity index (χ3v) is 3.87. The standard InChI is InChI=1S/C15H22N2O2/c1-19-15(18)13(10-16)14-8-5-9-17(14)11-12-6-3-2-4-7-12/h2-4,6-7,13-14H,5,8-11,16H2,1H3. The molecule has 2 N–H and O–H groups in total. The second-order valence-corrected chi connectivity index (χ2v) is 5.03. The van der Waals surface area contributed by atoms with E-state index in [0.29, 0.717) is 6.54 Å². The second-order valence-electron chi connectivity index (χ2n) is 5.03. The van der Waals surface area contributed by atoms with E-state index in [4.69, 9.17) is 10.5 Å². The fourth-order valence-corrected chi connectivity index (χ4v) is 2.88. The van der Waals surface area contributed by atoms with Crippen molar-refractivity contribution in [3.05, 3.63) is 35.9 Å². The lowest BCUT2D eigenvalue weighted by molar-refractivity contribution is -0.147. The summed E-state index contributed by atoms with van der Waals surface area (Å²) in [6.07, 6.45) is 2.13. The third-order valence-electron chi connectivity index (χ3n) is 3.87. The van der Waals surface area contributed by atoms with Gasteiger partial charge in [-0.05, 0) is 24.9 Å². The topological polar surface area (TPSA) is 55.6 Å². The minimum absolute atomic E-state index is 0.188. The highest BCUT2D eigenvalue weighted by Crippen LogP contribution is 2.26. The normalized spacial score (nSPS) is 21.3. The summed E-state index contributed by atoms with van der Waals surface area (Å²) < 4.78 is 4.87. The fraction of sp³-hybridized carbons (Fsp3) is 0.533. The van der Waals surface area contributed by atoms with Crippen molar-refractivity contribution in [3.8, 4) is 0 Å². The SMILES string of the molecule is COC(=O)C(CN)C1CCCN1Cc1ccccc1. The first kappa shape index (κ1) is 14.0. The molecule has 1 saturated heterocycles. The Kier molecular flexibility index (Phi) is 4.93. The lowest BCUT2D eigenvalue weighted by Gasteiger charge is -2.29. The van der Waals surface area contributed by atoms with Gasteiger partial charge in [0.15, 0.2) is 0 Å². The van der Waals surface area contributed by atoms with E-state index in [1.807, 2.05) is 18.2 Å². The molecular weight excluding hydrogens is 240 g/mol. The van der Waals surface area contributed by atoms with Crippen LogP contribution >= 0.6 is 0 Å². The van der Waals surface area contributed by atoms with Gasteiger partial charge in [-0.1, -0.05) is 30.3 Å². The zero-order valence-electron chi connectivity index (χ0n) is 11.4. The Morgan fingerprint density at radius 1 is 1.47 bits per heavy atom. The van der Waals surface area contributed by atoms with Gasteiger partial charge in [-0.2, -0.15) is 0 Å². The molecule has 0 radical (unpaired) electrons. The van der Waals surface area contributed by atoms with E-state index in [-0.39, 0.29) is 17.9 Å². The van der Waals surface area contributed by atoms with Crippen LogP contribution in [0.1, 0.15) is 18.4 Å². The highest BCUT2D eigenvalue weighted by atomic mass is 16.5. The Morgan fingerprint density at radius 3 is 2.84 bits per heavy atom. The van der Waals surface area contributed by atoms with Crippen LogP contribution in [-0.4, -0.2) is 37.1 Å². The van der Waals surface area contributed by atoms with Gasteiger partial charge in [0.1, 0.15) is 0 Å². The summed E-state index contributed by atoms with van der Waals surface area (Å²) in [5.74, 6) is -0.399. The Morgan fingerprint density at radius 2 is 2.21 bits per heavy atom. The third kappa shape index (κ3) is 3.33. The molecule has 1 aromatic carbocycles. The number of carbonyl (C=O) groups excluding carboxylic acids is 1. The average Bonchev–Trinajstić information content (AvgIpc) is 2.89. The molecule has 1 aliphatic rings. The smallest absolute Gasteiger partial charge is 0.311 e. The molecule has 0 amide bonds. The Hall–Kier alpha value is -1.39. The van der Waals surface area contributed by atoms with Crippen molar-refractivity contribution >= 4 is 5.97 Å². The molecule has 104 valence electrons. The number of nitrogens with two attached hydrogens (primary N) is 1. The van der Waals surface area contributed by atoms with Crippen LogP contribution in [0, 0.1) is 5.92 Å². The molecule has 1 aliphatic heterocycles. The lowest BCUT2D eigenvalue weighted by atomic mass is 9.97. The van der Waals surface area contributed by atoms with Crippen molar-refractivity contribution in [2.75, 3.05) is 20.2 Å². The van der Waals surface area contributed by atoms with E-state index in [9.17, 15) is 4.79 Å². The largest absolute Gasteiger partial charge is 0.469 e. The van der Waals surface area contributed by atoms with E-state index in [2.05, 4.69) is 17.0 Å². The molecule has 19 heavy (non-hydrogen) atoms. The number of benzene rings is 1. The molecule has 2 atom stereocenters. The van der Waals surface area contributed by atoms with Crippen molar-refractivity contribution in [1.82, 2.24) is 4.90 Å². The fourth-order valence-electron chi connectivity index (χ4n) is 2.88. The van der Waals surface area contributed by atoms with Crippen LogP contribution in [0.5, 0.6) is 0 Å². The van der Waals surface area contributed by atoms with Gasteiger partial charge >= 0.3 is 5.97 Å². The van der Waals surface area contributed by atoms with Crippen LogP contribution in [-0.2, 0) is 16.1 Å². The highest BCUT2D eigenvalue weighted by molar-refractivity contribution is 5.73. The van der Waals surface area contributed by atoms with Crippen molar-refractivity contribution in [2.45, 2.75) is 25.4 Å². The number of ether oxygens (including phenoxy) is 1. The molecule has 0 saturated carbocycles. The first-order valence-electron chi connectivity index (χ1n) is 6.82. The van der Waals surface area contributed by atoms with E-state index < -0.39 is 0 Å². The maximum Gasteiger partial charge on any atom is 0.311 e. The molecule has 0 aromatic heterocycles. The predicted octanol–water partition coefficient (Wildman–Crippen LogP) is 1.40. The molecule has 2 rings (SSSR count). The van der Waals surface area contributed by atoms with Gasteiger partial charge in [0.2, 0.25) is 0 Å². The predicted molar refractivity (Wildman–Crippen MR) is 74.4 cm³/mol. The maximum absolute atomic E-state index is 11.8. The monoisotopic (exact) mass is 262 g/mol. The van der Waals surface area contributed by atoms with E-state index >= 15 is 0 Å². The van der Waals surface area contributed by atoms with Crippen molar-refractivity contribution in [2.24, 2.45) is 11.7 Å². The number of rotatable bonds is 5. The molecule has 0 bridgehead atoms. The Balaban J connectivity index is 2.06. The summed E-state index contributed by atoms with van der Waals surface area (Å²) in [5, 5.41) is 0. The summed E-state index contributed by atoms with van der Waals surface area (Å²) in [4.78, 5) is 14.2. The van der Waals surface area contributed by atoms with Crippen LogP contribution in [0.2, 0.25) is 0 Å². The van der Waals surface area contributed by atoms with E-state index in [1.54, 1.807) is 0 Å². The Labute approximate surface area is 114 Å². The molecule has 1 heterocycles. The number of carbonyl (C=O) groups is 1. The molecule has 0 aliphatic carbocycles. The first-order valence-corrected chi connectivity index (χ1v) is 6.82. The summed E-state index contributed by atoms with van der Waals surface area (Å²) in [5.41, 5.74) is 7.03. The second kappa shape index (κ2) is 6.68. The zero-order valence-corrected chi connectivity index (χ0v) is 11.4. The minimum atomic E-state index is -0.212. The molecule has 2 unspecified atom stereocenters. The van der Waals surface area contributed by atoms with Gasteiger partial charge in [-0.3, -0.25) is 9.69 Å². The van der Waals surface area contributed by atoms with Crippen LogP contribution < -0.4 is 5.73 Å². The van der Waals surface area contributed by atoms with Gasteiger partial charge in [0, 0.05) is 19.1 Å². The summed E-state index contributed by atoms with van der Waals surface area (Å²) >= 11 is 0. The molecule has 4 heteroatoms. The highest BCUT2D eigenvalue weighted by Gasteiger charge is 2.35. The first-order chi connectivity index (χ1) is 9.26. The van der Waals surface area contributed by atoms with Gasteiger partial charge in [0.25, 0.3) is 0 Å². The maximum atomic E-state index is 11.8. The molecular formula is C15H22N2O2. The van der Waals surface area contributed by atoms with E-state index in [0.717, 1.165) is 25.9 Å². The molecule has 1 fully saturated rings. The quantitative estimate of drug-likeness (QED) is 0.815. The molecule has 1 aromatic rings.